The first-order chi connectivity index (χ1) is 15.3. The predicted molar refractivity (Wildman–Crippen MR) is 133 cm³/mol. The van der Waals surface area contributed by atoms with Crippen LogP contribution in [-0.4, -0.2) is 22.3 Å². The molecule has 5 aliphatic carbocycles. The third-order valence-electron chi connectivity index (χ3n) is 13.4. The Bertz CT molecular complexity index is 874. The number of aliphatic hydroxyl groups is 1. The van der Waals surface area contributed by atoms with E-state index in [2.05, 4.69) is 54.5 Å². The molecule has 186 valence electrons. The van der Waals surface area contributed by atoms with E-state index < -0.39 is 11.4 Å². The van der Waals surface area contributed by atoms with Crippen molar-refractivity contribution in [1.29, 1.82) is 0 Å². The number of rotatable bonds is 1. The fourth-order valence-corrected chi connectivity index (χ4v) is 10.8. The maximum Gasteiger partial charge on any atom is 0.310 e. The molecule has 5 aliphatic rings. The zero-order valence-corrected chi connectivity index (χ0v) is 22.2. The Labute approximate surface area is 201 Å². The van der Waals surface area contributed by atoms with E-state index in [1.165, 1.54) is 18.4 Å². The Morgan fingerprint density at radius 3 is 2.27 bits per heavy atom. The largest absolute Gasteiger partial charge is 0.481 e. The number of aliphatic hydroxyl groups excluding tert-OH is 1. The molecule has 0 amide bonds. The van der Waals surface area contributed by atoms with Crippen LogP contribution in [0.1, 0.15) is 106 Å². The van der Waals surface area contributed by atoms with Crippen molar-refractivity contribution < 1.29 is 15.0 Å². The van der Waals surface area contributed by atoms with Gasteiger partial charge in [0.25, 0.3) is 0 Å². The van der Waals surface area contributed by atoms with Crippen molar-refractivity contribution in [3.63, 3.8) is 0 Å². The molecule has 0 aromatic rings. The zero-order valence-electron chi connectivity index (χ0n) is 22.2. The van der Waals surface area contributed by atoms with Crippen LogP contribution in [0.2, 0.25) is 0 Å². The number of hydrogen-bond acceptors (Lipinski definition) is 2. The molecule has 0 aromatic heterocycles. The van der Waals surface area contributed by atoms with Crippen LogP contribution >= 0.6 is 0 Å². The Morgan fingerprint density at radius 2 is 1.61 bits per heavy atom. The second-order valence-corrected chi connectivity index (χ2v) is 14.5. The summed E-state index contributed by atoms with van der Waals surface area (Å²) < 4.78 is 0. The average molecular weight is 457 g/mol. The first-order valence-corrected chi connectivity index (χ1v) is 13.9. The molecule has 3 nitrogen and oxygen atoms in total. The minimum absolute atomic E-state index is 0.0302. The Morgan fingerprint density at radius 1 is 0.909 bits per heavy atom. The fourth-order valence-electron chi connectivity index (χ4n) is 10.8. The van der Waals surface area contributed by atoms with Crippen molar-refractivity contribution in [3.05, 3.63) is 11.6 Å². The monoisotopic (exact) mass is 456 g/mol. The molecule has 0 heterocycles. The van der Waals surface area contributed by atoms with Crippen molar-refractivity contribution in [2.45, 2.75) is 112 Å². The lowest BCUT2D eigenvalue weighted by atomic mass is 9.33. The summed E-state index contributed by atoms with van der Waals surface area (Å²) in [5.74, 6) is 1.82. The molecule has 3 heteroatoms. The van der Waals surface area contributed by atoms with Crippen molar-refractivity contribution in [2.24, 2.45) is 56.7 Å². The van der Waals surface area contributed by atoms with Crippen LogP contribution in [0.3, 0.4) is 0 Å². The molecule has 2 N–H and O–H groups in total. The first kappa shape index (κ1) is 23.9. The van der Waals surface area contributed by atoms with Crippen LogP contribution in [0.4, 0.5) is 0 Å². The maximum atomic E-state index is 12.8. The molecule has 0 aliphatic heterocycles. The van der Waals surface area contributed by atoms with Gasteiger partial charge in [0.1, 0.15) is 0 Å². The number of carbonyl (C=O) groups is 1. The van der Waals surface area contributed by atoms with Gasteiger partial charge in [0.05, 0.1) is 11.5 Å². The van der Waals surface area contributed by atoms with Crippen molar-refractivity contribution in [2.75, 3.05) is 0 Å². The van der Waals surface area contributed by atoms with E-state index in [0.29, 0.717) is 23.7 Å². The molecule has 10 atom stereocenters. The highest BCUT2D eigenvalue weighted by atomic mass is 16.4. The smallest absolute Gasteiger partial charge is 0.310 e. The van der Waals surface area contributed by atoms with Gasteiger partial charge in [-0.15, -0.1) is 0 Å². The maximum absolute atomic E-state index is 12.8. The summed E-state index contributed by atoms with van der Waals surface area (Å²) in [7, 11) is 0. The molecule has 2 unspecified atom stereocenters. The summed E-state index contributed by atoms with van der Waals surface area (Å²) in [5.41, 5.74) is 1.46. The highest BCUT2D eigenvalue weighted by molar-refractivity contribution is 5.76. The van der Waals surface area contributed by atoms with Gasteiger partial charge in [0.2, 0.25) is 0 Å². The molecule has 0 saturated heterocycles. The van der Waals surface area contributed by atoms with Gasteiger partial charge in [0.15, 0.2) is 0 Å². The van der Waals surface area contributed by atoms with E-state index >= 15 is 0 Å². The number of fused-ring (bicyclic) bond motifs is 7. The lowest BCUT2D eigenvalue weighted by molar-refractivity contribution is -0.206. The van der Waals surface area contributed by atoms with Gasteiger partial charge in [-0.2, -0.15) is 0 Å². The van der Waals surface area contributed by atoms with Gasteiger partial charge in [-0.3, -0.25) is 4.79 Å². The Kier molecular flexibility index (Phi) is 5.15. The molecule has 4 fully saturated rings. The molecular weight excluding hydrogens is 408 g/mol. The van der Waals surface area contributed by atoms with Gasteiger partial charge < -0.3 is 10.2 Å². The van der Waals surface area contributed by atoms with E-state index in [1.54, 1.807) is 0 Å². The summed E-state index contributed by atoms with van der Waals surface area (Å²) in [4.78, 5) is 12.8. The van der Waals surface area contributed by atoms with Gasteiger partial charge in [-0.25, -0.2) is 0 Å². The molecule has 4 saturated carbocycles. The SMILES string of the molecule is C[C@@H]1CC[C@]2(C(=O)O)CC[C@]3(C)C(=CCC4[C@@]5(C)CC[C@H](O)C(C)(C)[C@@H]5CC[C@]43C)C2[C@H]1C. The second kappa shape index (κ2) is 7.11. The van der Waals surface area contributed by atoms with E-state index in [-0.39, 0.29) is 33.7 Å². The quantitative estimate of drug-likeness (QED) is 0.414. The molecule has 33 heavy (non-hydrogen) atoms. The lowest BCUT2D eigenvalue weighted by Crippen LogP contribution is -2.65. The standard InChI is InChI=1S/C30H48O3/c1-18-10-15-30(25(32)33)17-16-28(6)20(24(30)19(18)2)8-9-22-27(5)13-12-23(31)26(3,4)21(27)11-14-29(22,28)7/h8,18-19,21-24,31H,9-17H2,1-7H3,(H,32,33)/t18-,19+,21+,22?,23+,24?,27+,28-,29-,30+/m1/s1. The highest BCUT2D eigenvalue weighted by Crippen LogP contribution is 2.75. The summed E-state index contributed by atoms with van der Waals surface area (Å²) in [6, 6.07) is 0. The van der Waals surface area contributed by atoms with E-state index in [1.807, 2.05) is 0 Å². The molecule has 0 bridgehead atoms. The van der Waals surface area contributed by atoms with Crippen LogP contribution in [-0.2, 0) is 4.79 Å². The second-order valence-electron chi connectivity index (χ2n) is 14.5. The van der Waals surface area contributed by atoms with Crippen LogP contribution < -0.4 is 0 Å². The van der Waals surface area contributed by atoms with Crippen LogP contribution in [0, 0.1) is 56.7 Å². The summed E-state index contributed by atoms with van der Waals surface area (Å²) in [6.07, 6.45) is 11.6. The summed E-state index contributed by atoms with van der Waals surface area (Å²) in [5, 5.41) is 21.4. The highest BCUT2D eigenvalue weighted by Gasteiger charge is 2.69. The molecule has 0 radical (unpaired) electrons. The Balaban J connectivity index is 1.61. The normalized spacial score (nSPS) is 55.3. The number of hydrogen-bond donors (Lipinski definition) is 2. The molecular formula is C30H48O3. The van der Waals surface area contributed by atoms with Crippen molar-refractivity contribution >= 4 is 5.97 Å². The summed E-state index contributed by atoms with van der Waals surface area (Å²) >= 11 is 0. The topological polar surface area (TPSA) is 57.5 Å². The molecule has 5 rings (SSSR count). The first-order valence-electron chi connectivity index (χ1n) is 13.9. The van der Waals surface area contributed by atoms with Crippen molar-refractivity contribution in [1.82, 2.24) is 0 Å². The number of carboxylic acid groups (broad SMARTS) is 1. The minimum Gasteiger partial charge on any atom is -0.481 e. The van der Waals surface area contributed by atoms with Crippen LogP contribution in [0.25, 0.3) is 0 Å². The van der Waals surface area contributed by atoms with E-state index in [9.17, 15) is 15.0 Å². The van der Waals surface area contributed by atoms with Gasteiger partial charge >= 0.3 is 5.97 Å². The zero-order chi connectivity index (χ0) is 24.2. The van der Waals surface area contributed by atoms with Crippen LogP contribution in [0.15, 0.2) is 11.6 Å². The third-order valence-corrected chi connectivity index (χ3v) is 13.4. The number of carboxylic acids is 1. The molecule has 0 aromatic carbocycles. The average Bonchev–Trinajstić information content (AvgIpc) is 2.74. The van der Waals surface area contributed by atoms with Gasteiger partial charge in [-0.05, 0) is 109 Å². The van der Waals surface area contributed by atoms with Crippen molar-refractivity contribution in [3.8, 4) is 0 Å². The molecule has 0 spiro atoms. The third kappa shape index (κ3) is 2.75. The van der Waals surface area contributed by atoms with Gasteiger partial charge in [0, 0.05) is 0 Å². The van der Waals surface area contributed by atoms with Crippen LogP contribution in [0.5, 0.6) is 0 Å². The Hall–Kier alpha value is -0.830. The van der Waals surface area contributed by atoms with E-state index in [0.717, 1.165) is 44.9 Å². The van der Waals surface area contributed by atoms with Gasteiger partial charge in [-0.1, -0.05) is 60.1 Å². The fraction of sp³-hybridized carbons (Fsp3) is 0.900. The summed E-state index contributed by atoms with van der Waals surface area (Å²) in [6.45, 7) is 17.0. The lowest BCUT2D eigenvalue weighted by Gasteiger charge is -2.71. The number of allylic oxidation sites excluding steroid dienone is 2. The van der Waals surface area contributed by atoms with E-state index in [4.69, 9.17) is 0 Å². The number of aliphatic carboxylic acids is 1. The predicted octanol–water partition coefficient (Wildman–Crippen LogP) is 7.09. The minimum atomic E-state index is -0.557.